The smallest absolute Gasteiger partial charge is 0.310 e. The molecule has 0 radical (unpaired) electrons. The van der Waals surface area contributed by atoms with Crippen molar-refractivity contribution < 1.29 is 19.4 Å². The van der Waals surface area contributed by atoms with Crippen LogP contribution in [0.1, 0.15) is 18.0 Å². The fourth-order valence-corrected chi connectivity index (χ4v) is 2.42. The van der Waals surface area contributed by atoms with E-state index in [1.54, 1.807) is 4.90 Å². The molecule has 0 bridgehead atoms. The molecule has 1 heterocycles. The van der Waals surface area contributed by atoms with Crippen molar-refractivity contribution in [3.05, 3.63) is 35.9 Å². The van der Waals surface area contributed by atoms with Crippen molar-refractivity contribution in [3.63, 3.8) is 0 Å². The van der Waals surface area contributed by atoms with Crippen molar-refractivity contribution in [3.8, 4) is 0 Å². The van der Waals surface area contributed by atoms with E-state index in [2.05, 4.69) is 4.74 Å². The first-order valence-corrected chi connectivity index (χ1v) is 6.20. The number of amides is 1. The van der Waals surface area contributed by atoms with Gasteiger partial charge in [-0.25, -0.2) is 0 Å². The molecule has 1 unspecified atom stereocenters. The Morgan fingerprint density at radius 3 is 2.74 bits per heavy atom. The highest BCUT2D eigenvalue weighted by atomic mass is 16.5. The Kier molecular flexibility index (Phi) is 4.16. The lowest BCUT2D eigenvalue weighted by Crippen LogP contribution is -2.33. The minimum Gasteiger partial charge on any atom is -0.469 e. The van der Waals surface area contributed by atoms with E-state index in [0.717, 1.165) is 5.56 Å². The fourth-order valence-electron chi connectivity index (χ4n) is 2.42. The van der Waals surface area contributed by atoms with Gasteiger partial charge in [-0.3, -0.25) is 9.59 Å². The van der Waals surface area contributed by atoms with Gasteiger partial charge in [0.25, 0.3) is 0 Å². The highest BCUT2D eigenvalue weighted by Crippen LogP contribution is 2.28. The summed E-state index contributed by atoms with van der Waals surface area (Å²) >= 11 is 0. The molecule has 1 aromatic rings. The molecule has 1 aromatic carbocycles. The highest BCUT2D eigenvalue weighted by molar-refractivity contribution is 5.87. The molecule has 1 N–H and O–H groups in total. The SMILES string of the molecule is COC(=O)C1CC(=O)N([C@@H](CO)c2ccccc2)C1. The second-order valence-electron chi connectivity index (χ2n) is 4.58. The van der Waals surface area contributed by atoms with Gasteiger partial charge >= 0.3 is 5.97 Å². The minimum absolute atomic E-state index is 0.127. The third kappa shape index (κ3) is 2.76. The van der Waals surface area contributed by atoms with Crippen molar-refractivity contribution in [1.82, 2.24) is 4.90 Å². The number of carbonyl (C=O) groups is 2. The minimum atomic E-state index is -0.435. The molecule has 1 aliphatic heterocycles. The fraction of sp³-hybridized carbons (Fsp3) is 0.429. The monoisotopic (exact) mass is 263 g/mol. The quantitative estimate of drug-likeness (QED) is 0.814. The van der Waals surface area contributed by atoms with Crippen molar-refractivity contribution in [2.24, 2.45) is 5.92 Å². The molecular formula is C14H17NO4. The van der Waals surface area contributed by atoms with E-state index in [4.69, 9.17) is 0 Å². The first-order chi connectivity index (χ1) is 9.17. The standard InChI is InChI=1S/C14H17NO4/c1-19-14(18)11-7-13(17)15(8-11)12(9-16)10-5-3-2-4-6-10/h2-6,11-12,16H,7-9H2,1H3/t11?,12-/m0/s1. The summed E-state index contributed by atoms with van der Waals surface area (Å²) in [6.07, 6.45) is 0.149. The van der Waals surface area contributed by atoms with Crippen LogP contribution in [0.25, 0.3) is 0 Å². The molecule has 1 saturated heterocycles. The molecule has 0 aliphatic carbocycles. The Balaban J connectivity index is 2.16. The van der Waals surface area contributed by atoms with Gasteiger partial charge in [0.15, 0.2) is 0 Å². The van der Waals surface area contributed by atoms with Crippen LogP contribution in [0, 0.1) is 5.92 Å². The molecule has 1 aliphatic rings. The molecule has 1 fully saturated rings. The second-order valence-corrected chi connectivity index (χ2v) is 4.58. The van der Waals surface area contributed by atoms with Crippen molar-refractivity contribution in [1.29, 1.82) is 0 Å². The zero-order valence-electron chi connectivity index (χ0n) is 10.8. The maximum absolute atomic E-state index is 12.0. The van der Waals surface area contributed by atoms with E-state index in [1.165, 1.54) is 7.11 Å². The number of carbonyl (C=O) groups excluding carboxylic acids is 2. The maximum Gasteiger partial charge on any atom is 0.310 e. The van der Waals surface area contributed by atoms with Crippen LogP contribution in [0.5, 0.6) is 0 Å². The van der Waals surface area contributed by atoms with Gasteiger partial charge in [-0.1, -0.05) is 30.3 Å². The Morgan fingerprint density at radius 1 is 1.47 bits per heavy atom. The van der Waals surface area contributed by atoms with E-state index in [-0.39, 0.29) is 24.9 Å². The van der Waals surface area contributed by atoms with E-state index < -0.39 is 12.0 Å². The van der Waals surface area contributed by atoms with Crippen molar-refractivity contribution in [2.75, 3.05) is 20.3 Å². The summed E-state index contributed by atoms with van der Waals surface area (Å²) in [6.45, 7) is 0.134. The second kappa shape index (κ2) is 5.84. The number of likely N-dealkylation sites (tertiary alicyclic amines) is 1. The topological polar surface area (TPSA) is 66.8 Å². The van der Waals surface area contributed by atoms with Crippen LogP contribution in [0.15, 0.2) is 30.3 Å². The lowest BCUT2D eigenvalue weighted by atomic mass is 10.1. The van der Waals surface area contributed by atoms with Gasteiger partial charge in [0.2, 0.25) is 5.91 Å². The van der Waals surface area contributed by atoms with Crippen LogP contribution in [0.4, 0.5) is 0 Å². The number of ether oxygens (including phenoxy) is 1. The number of hydrogen-bond donors (Lipinski definition) is 1. The number of benzene rings is 1. The zero-order valence-corrected chi connectivity index (χ0v) is 10.8. The number of aliphatic hydroxyl groups excluding tert-OH is 1. The normalized spacial score (nSPS) is 20.4. The summed E-state index contributed by atoms with van der Waals surface area (Å²) in [7, 11) is 1.32. The van der Waals surface area contributed by atoms with Crippen molar-refractivity contribution in [2.45, 2.75) is 12.5 Å². The van der Waals surface area contributed by atoms with Gasteiger partial charge in [-0.2, -0.15) is 0 Å². The van der Waals surface area contributed by atoms with Crippen molar-refractivity contribution >= 4 is 11.9 Å². The van der Waals surface area contributed by atoms with Crippen LogP contribution in [0.2, 0.25) is 0 Å². The molecule has 0 saturated carbocycles. The summed E-state index contributed by atoms with van der Waals surface area (Å²) in [5.74, 6) is -0.936. The Labute approximate surface area is 111 Å². The molecule has 5 nitrogen and oxygen atoms in total. The summed E-state index contributed by atoms with van der Waals surface area (Å²) in [6, 6.07) is 8.91. The van der Waals surface area contributed by atoms with Gasteiger partial charge < -0.3 is 14.7 Å². The summed E-state index contributed by atoms with van der Waals surface area (Å²) in [5, 5.41) is 9.53. The number of methoxy groups -OCH3 is 1. The number of aliphatic hydroxyl groups is 1. The molecule has 19 heavy (non-hydrogen) atoms. The Hall–Kier alpha value is -1.88. The summed E-state index contributed by atoms with van der Waals surface area (Å²) in [5.41, 5.74) is 0.865. The van der Waals surface area contributed by atoms with Gasteiger partial charge in [-0.15, -0.1) is 0 Å². The van der Waals surface area contributed by atoms with Crippen LogP contribution in [-0.2, 0) is 14.3 Å². The van der Waals surface area contributed by atoms with Gasteiger partial charge in [0.05, 0.1) is 25.7 Å². The molecular weight excluding hydrogens is 246 g/mol. The molecule has 102 valence electrons. The summed E-state index contributed by atoms with van der Waals surface area (Å²) < 4.78 is 4.67. The average molecular weight is 263 g/mol. The predicted octanol–water partition coefficient (Wildman–Crippen LogP) is 0.741. The summed E-state index contributed by atoms with van der Waals surface area (Å²) in [4.78, 5) is 25.0. The van der Waals surface area contributed by atoms with Gasteiger partial charge in [0.1, 0.15) is 0 Å². The van der Waals surface area contributed by atoms with E-state index >= 15 is 0 Å². The maximum atomic E-state index is 12.0. The van der Waals surface area contributed by atoms with E-state index in [9.17, 15) is 14.7 Å². The lowest BCUT2D eigenvalue weighted by Gasteiger charge is -2.26. The van der Waals surface area contributed by atoms with Crippen LogP contribution >= 0.6 is 0 Å². The predicted molar refractivity (Wildman–Crippen MR) is 68.1 cm³/mol. The molecule has 1 amide bonds. The van der Waals surface area contributed by atoms with E-state index in [1.807, 2.05) is 30.3 Å². The van der Waals surface area contributed by atoms with Crippen LogP contribution < -0.4 is 0 Å². The zero-order chi connectivity index (χ0) is 13.8. The van der Waals surface area contributed by atoms with Gasteiger partial charge in [-0.05, 0) is 5.56 Å². The first-order valence-electron chi connectivity index (χ1n) is 6.20. The number of hydrogen-bond acceptors (Lipinski definition) is 4. The van der Waals surface area contributed by atoms with E-state index in [0.29, 0.717) is 6.54 Å². The lowest BCUT2D eigenvalue weighted by molar-refractivity contribution is -0.145. The average Bonchev–Trinajstić information content (AvgIpc) is 2.82. The Bertz CT molecular complexity index is 460. The third-order valence-corrected chi connectivity index (χ3v) is 3.43. The molecule has 5 heteroatoms. The Morgan fingerprint density at radius 2 is 2.16 bits per heavy atom. The molecule has 0 aromatic heterocycles. The largest absolute Gasteiger partial charge is 0.469 e. The molecule has 2 rings (SSSR count). The van der Waals surface area contributed by atoms with Crippen LogP contribution in [-0.4, -0.2) is 42.1 Å². The number of esters is 1. The highest BCUT2D eigenvalue weighted by Gasteiger charge is 2.38. The first kappa shape index (κ1) is 13.5. The van der Waals surface area contributed by atoms with Crippen LogP contribution in [0.3, 0.4) is 0 Å². The molecule has 0 spiro atoms. The third-order valence-electron chi connectivity index (χ3n) is 3.43. The van der Waals surface area contributed by atoms with Gasteiger partial charge in [0, 0.05) is 13.0 Å². The number of rotatable bonds is 4. The molecule has 2 atom stereocenters. The number of nitrogens with zero attached hydrogens (tertiary/aromatic N) is 1.